The zero-order chi connectivity index (χ0) is 32.7. The molecule has 0 atom stereocenters. The van der Waals surface area contributed by atoms with Gasteiger partial charge in [-0.15, -0.1) is 0 Å². The van der Waals surface area contributed by atoms with E-state index in [0.717, 1.165) is 21.5 Å². The largest absolute Gasteiger partial charge is 0.309 e. The van der Waals surface area contributed by atoms with Crippen LogP contribution in [0.1, 0.15) is 13.8 Å². The fourth-order valence-electron chi connectivity index (χ4n) is 7.26. The van der Waals surface area contributed by atoms with Gasteiger partial charge in [-0.25, -0.2) is 0 Å². The molecule has 0 amide bonds. The van der Waals surface area contributed by atoms with Gasteiger partial charge >= 0.3 is 0 Å². The van der Waals surface area contributed by atoms with Crippen LogP contribution in [0, 0.1) is 0 Å². The molecule has 1 nitrogen and oxygen atoms in total. The Kier molecular flexibility index (Phi) is 7.64. The molecular weight excluding hydrogens is 599 g/mol. The van der Waals surface area contributed by atoms with Crippen LogP contribution < -0.4 is 15.9 Å². The van der Waals surface area contributed by atoms with Gasteiger partial charge in [0, 0.05) is 15.9 Å². The van der Waals surface area contributed by atoms with Crippen LogP contribution in [-0.2, 0) is 4.57 Å². The Hall–Kier alpha value is -5.49. The van der Waals surface area contributed by atoms with E-state index in [0.29, 0.717) is 0 Å². The summed E-state index contributed by atoms with van der Waals surface area (Å²) in [6, 6.07) is 57.2. The summed E-state index contributed by atoms with van der Waals surface area (Å²) in [7, 11) is -3.04. The van der Waals surface area contributed by atoms with Crippen molar-refractivity contribution in [1.82, 2.24) is 0 Å². The van der Waals surface area contributed by atoms with E-state index in [1.165, 1.54) is 60.1 Å². The molecule has 48 heavy (non-hydrogen) atoms. The van der Waals surface area contributed by atoms with E-state index in [1.807, 2.05) is 86.7 Å². The Morgan fingerprint density at radius 1 is 0.375 bits per heavy atom. The lowest BCUT2D eigenvalue weighted by atomic mass is 9.89. The van der Waals surface area contributed by atoms with E-state index in [2.05, 4.69) is 103 Å². The van der Waals surface area contributed by atoms with Crippen molar-refractivity contribution in [3.63, 3.8) is 0 Å². The van der Waals surface area contributed by atoms with Gasteiger partial charge in [-0.1, -0.05) is 164 Å². The highest BCUT2D eigenvalue weighted by atomic mass is 31.2. The molecule has 1 aliphatic rings. The molecule has 0 unspecified atom stereocenters. The molecule has 0 heterocycles. The first kappa shape index (κ1) is 29.9. The zero-order valence-electron chi connectivity index (χ0n) is 27.1. The van der Waals surface area contributed by atoms with Crippen molar-refractivity contribution in [2.24, 2.45) is 0 Å². The van der Waals surface area contributed by atoms with Gasteiger partial charge in [0.25, 0.3) is 0 Å². The molecule has 8 aromatic carbocycles. The molecular formula is C46H35OP. The minimum absolute atomic E-state index is 0.840. The van der Waals surface area contributed by atoms with Crippen molar-refractivity contribution >= 4 is 55.4 Å². The van der Waals surface area contributed by atoms with Gasteiger partial charge in [0.15, 0.2) is 7.14 Å². The number of fused-ring (bicyclic) bond motifs is 7. The second kappa shape index (κ2) is 12.3. The van der Waals surface area contributed by atoms with Crippen LogP contribution in [0.2, 0.25) is 0 Å². The molecule has 230 valence electrons. The first-order chi connectivity index (χ1) is 23.6. The summed E-state index contributed by atoms with van der Waals surface area (Å²) >= 11 is 0. The molecule has 0 N–H and O–H groups in total. The van der Waals surface area contributed by atoms with Crippen molar-refractivity contribution in [2.45, 2.75) is 13.8 Å². The van der Waals surface area contributed by atoms with E-state index < -0.39 is 7.14 Å². The summed E-state index contributed by atoms with van der Waals surface area (Å²) in [5.74, 6) is 0. The first-order valence-corrected chi connectivity index (χ1v) is 18.2. The van der Waals surface area contributed by atoms with Gasteiger partial charge in [0.05, 0.1) is 0 Å². The van der Waals surface area contributed by atoms with Crippen molar-refractivity contribution in [1.29, 1.82) is 0 Å². The summed E-state index contributed by atoms with van der Waals surface area (Å²) in [6.07, 6.45) is 4.00. The minimum Gasteiger partial charge on any atom is -0.309 e. The lowest BCUT2D eigenvalue weighted by Crippen LogP contribution is -2.24. The second-order valence-corrected chi connectivity index (χ2v) is 15.0. The maximum atomic E-state index is 15.0. The zero-order valence-corrected chi connectivity index (χ0v) is 28.0. The Labute approximate surface area is 282 Å². The third kappa shape index (κ3) is 4.74. The molecule has 0 aliphatic heterocycles. The van der Waals surface area contributed by atoms with Gasteiger partial charge in [0.2, 0.25) is 0 Å². The van der Waals surface area contributed by atoms with Crippen LogP contribution in [0.15, 0.2) is 176 Å². The third-order valence-corrected chi connectivity index (χ3v) is 12.7. The van der Waals surface area contributed by atoms with Crippen molar-refractivity contribution in [2.75, 3.05) is 0 Å². The fraction of sp³-hybridized carbons (Fsp3) is 0.0435. The highest BCUT2D eigenvalue weighted by Crippen LogP contribution is 2.51. The molecule has 0 radical (unpaired) electrons. The topological polar surface area (TPSA) is 17.1 Å². The molecule has 0 bridgehead atoms. The Morgan fingerprint density at radius 2 is 0.833 bits per heavy atom. The molecule has 0 aromatic heterocycles. The summed E-state index contributed by atoms with van der Waals surface area (Å²) in [4.78, 5) is 0. The Bertz CT molecular complexity index is 2480. The van der Waals surface area contributed by atoms with E-state index in [9.17, 15) is 4.57 Å². The second-order valence-electron chi connectivity index (χ2n) is 12.3. The van der Waals surface area contributed by atoms with E-state index >= 15 is 0 Å². The number of benzene rings is 8. The molecule has 8 aromatic rings. The van der Waals surface area contributed by atoms with Gasteiger partial charge < -0.3 is 4.57 Å². The lowest BCUT2D eigenvalue weighted by Gasteiger charge is -2.20. The fourth-order valence-corrected chi connectivity index (χ4v) is 9.91. The molecule has 0 spiro atoms. The maximum Gasteiger partial charge on any atom is 0.171 e. The lowest BCUT2D eigenvalue weighted by molar-refractivity contribution is 0.592. The smallest absolute Gasteiger partial charge is 0.171 e. The van der Waals surface area contributed by atoms with Gasteiger partial charge in [0.1, 0.15) is 0 Å². The highest BCUT2D eigenvalue weighted by Gasteiger charge is 2.29. The normalized spacial score (nSPS) is 12.0. The molecule has 9 rings (SSSR count). The molecule has 0 saturated carbocycles. The minimum atomic E-state index is -3.04. The number of hydrogen-bond donors (Lipinski definition) is 0. The molecule has 0 saturated heterocycles. The Balaban J connectivity index is 0.000000799. The number of allylic oxidation sites excluding steroid dienone is 2. The van der Waals surface area contributed by atoms with Crippen molar-refractivity contribution < 1.29 is 4.57 Å². The van der Waals surface area contributed by atoms with Gasteiger partial charge in [-0.2, -0.15) is 0 Å². The monoisotopic (exact) mass is 634 g/mol. The van der Waals surface area contributed by atoms with Crippen LogP contribution in [-0.4, -0.2) is 0 Å². The number of hydrogen-bond acceptors (Lipinski definition) is 1. The van der Waals surface area contributed by atoms with Crippen molar-refractivity contribution in [3.05, 3.63) is 176 Å². The van der Waals surface area contributed by atoms with Crippen LogP contribution >= 0.6 is 7.14 Å². The quantitative estimate of drug-likeness (QED) is 0.107. The molecule has 2 heteroatoms. The molecule has 0 fully saturated rings. The SMILES string of the molecule is C/C=C\C.O=P(c1ccccc1)(c1ccccc1)c1ccc(-c2cc3c4cccc5c4c(cc3c3ccccc23)-c2ccccc2-5)cc1. The summed E-state index contributed by atoms with van der Waals surface area (Å²) in [6.45, 7) is 4.00. The number of rotatable bonds is 4. The Morgan fingerprint density at radius 3 is 1.46 bits per heavy atom. The standard InChI is InChI=1S/C42H27OP.C4H8/c43-44(29-12-3-1-4-13-29,30-14-5-2-6-15-30)31-24-22-28(23-25-31)38-26-40-37-21-11-20-36-32-16-7-10-19-35(32)41(42(36)37)27-39(40)34-18-9-8-17-33(34)38;1-3-4-2/h1-27H;3-4H,1-2H3/b;4-3-. The summed E-state index contributed by atoms with van der Waals surface area (Å²) in [5.41, 5.74) is 7.55. The van der Waals surface area contributed by atoms with Crippen LogP contribution in [0.5, 0.6) is 0 Å². The van der Waals surface area contributed by atoms with Gasteiger partial charge in [-0.05, 0) is 91.7 Å². The third-order valence-electron chi connectivity index (χ3n) is 9.62. The average molecular weight is 635 g/mol. The van der Waals surface area contributed by atoms with Crippen molar-refractivity contribution in [3.8, 4) is 33.4 Å². The predicted octanol–water partition coefficient (Wildman–Crippen LogP) is 11.7. The predicted molar refractivity (Wildman–Crippen MR) is 209 cm³/mol. The van der Waals surface area contributed by atoms with Crippen LogP contribution in [0.4, 0.5) is 0 Å². The van der Waals surface area contributed by atoms with Crippen LogP contribution in [0.3, 0.4) is 0 Å². The molecule has 1 aliphatic carbocycles. The highest BCUT2D eigenvalue weighted by molar-refractivity contribution is 7.85. The van der Waals surface area contributed by atoms with Crippen LogP contribution in [0.25, 0.3) is 65.7 Å². The van der Waals surface area contributed by atoms with Gasteiger partial charge in [-0.3, -0.25) is 0 Å². The maximum absolute atomic E-state index is 15.0. The average Bonchev–Trinajstić information content (AvgIpc) is 3.49. The summed E-state index contributed by atoms with van der Waals surface area (Å²) in [5, 5.41) is 10.2. The van der Waals surface area contributed by atoms with E-state index in [4.69, 9.17) is 0 Å². The van der Waals surface area contributed by atoms with E-state index in [1.54, 1.807) is 0 Å². The first-order valence-electron chi connectivity index (χ1n) is 16.5. The summed E-state index contributed by atoms with van der Waals surface area (Å²) < 4.78 is 15.0. The van der Waals surface area contributed by atoms with E-state index in [-0.39, 0.29) is 0 Å².